The third-order valence-electron chi connectivity index (χ3n) is 5.44. The van der Waals surface area contributed by atoms with Gasteiger partial charge in [0.1, 0.15) is 0 Å². The maximum absolute atomic E-state index is 13.1. The van der Waals surface area contributed by atoms with Crippen molar-refractivity contribution in [2.75, 3.05) is 39.5 Å². The van der Waals surface area contributed by atoms with E-state index in [0.29, 0.717) is 38.4 Å². The van der Waals surface area contributed by atoms with Gasteiger partial charge in [-0.05, 0) is 43.4 Å². The smallest absolute Gasteiger partial charge is 0.320 e. The number of aromatic amines is 1. The van der Waals surface area contributed by atoms with Crippen LogP contribution in [-0.2, 0) is 16.0 Å². The fourth-order valence-corrected chi connectivity index (χ4v) is 3.89. The predicted octanol–water partition coefficient (Wildman–Crippen LogP) is 2.27. The molecule has 0 radical (unpaired) electrons. The van der Waals surface area contributed by atoms with E-state index < -0.39 is 0 Å². The van der Waals surface area contributed by atoms with E-state index in [0.717, 1.165) is 35.9 Å². The van der Waals surface area contributed by atoms with Gasteiger partial charge in [0.05, 0.1) is 25.9 Å². The molecular weight excluding hydrogens is 358 g/mol. The zero-order valence-corrected chi connectivity index (χ0v) is 16.3. The van der Waals surface area contributed by atoms with Gasteiger partial charge in [-0.1, -0.05) is 11.6 Å². The Morgan fingerprint density at radius 3 is 2.82 bits per heavy atom. The molecule has 1 N–H and O–H groups in total. The van der Waals surface area contributed by atoms with Crippen LogP contribution in [0, 0.1) is 6.92 Å². The Labute approximate surface area is 164 Å². The van der Waals surface area contributed by atoms with E-state index in [-0.39, 0.29) is 24.2 Å². The van der Waals surface area contributed by atoms with E-state index in [1.54, 1.807) is 9.80 Å². The first-order valence-electron chi connectivity index (χ1n) is 9.96. The molecule has 28 heavy (non-hydrogen) atoms. The third kappa shape index (κ3) is 4.20. The summed E-state index contributed by atoms with van der Waals surface area (Å²) < 4.78 is 11.1. The van der Waals surface area contributed by atoms with Crippen molar-refractivity contribution in [3.05, 3.63) is 45.7 Å². The van der Waals surface area contributed by atoms with Crippen LogP contribution >= 0.6 is 0 Å². The number of amides is 2. The highest BCUT2D eigenvalue weighted by Gasteiger charge is 2.27. The van der Waals surface area contributed by atoms with Gasteiger partial charge in [-0.3, -0.25) is 4.79 Å². The molecule has 1 aromatic carbocycles. The Hall–Kier alpha value is -2.38. The lowest BCUT2D eigenvalue weighted by molar-refractivity contribution is 0.0326. The molecule has 7 heteroatoms. The molecule has 3 heterocycles. The summed E-state index contributed by atoms with van der Waals surface area (Å²) in [7, 11) is 0. The number of nitrogens with zero attached hydrogens (tertiary/aromatic N) is 2. The number of pyridine rings is 1. The van der Waals surface area contributed by atoms with Gasteiger partial charge in [-0.25, -0.2) is 4.79 Å². The topological polar surface area (TPSA) is 74.9 Å². The first kappa shape index (κ1) is 19.0. The molecular formula is C21H27N3O4. The van der Waals surface area contributed by atoms with E-state index in [1.807, 2.05) is 31.2 Å². The van der Waals surface area contributed by atoms with Crippen molar-refractivity contribution < 1.29 is 14.3 Å². The summed E-state index contributed by atoms with van der Waals surface area (Å²) >= 11 is 0. The lowest BCUT2D eigenvalue weighted by Gasteiger charge is -2.34. The molecule has 1 atom stereocenters. The fraction of sp³-hybridized carbons (Fsp3) is 0.524. The van der Waals surface area contributed by atoms with Gasteiger partial charge in [0, 0.05) is 37.3 Å². The minimum atomic E-state index is -0.150. The summed E-state index contributed by atoms with van der Waals surface area (Å²) in [4.78, 5) is 32.3. The van der Waals surface area contributed by atoms with Crippen molar-refractivity contribution in [3.8, 4) is 0 Å². The molecule has 2 amide bonds. The number of hydrogen-bond acceptors (Lipinski definition) is 4. The van der Waals surface area contributed by atoms with Crippen molar-refractivity contribution in [1.29, 1.82) is 0 Å². The molecule has 2 aliphatic rings. The molecule has 7 nitrogen and oxygen atoms in total. The molecule has 0 saturated carbocycles. The molecule has 4 rings (SSSR count). The zero-order chi connectivity index (χ0) is 19.5. The Morgan fingerprint density at radius 2 is 2.07 bits per heavy atom. The van der Waals surface area contributed by atoms with E-state index in [2.05, 4.69) is 4.98 Å². The van der Waals surface area contributed by atoms with Gasteiger partial charge in [0.25, 0.3) is 5.56 Å². The average Bonchev–Trinajstić information content (AvgIpc) is 3.21. The molecule has 2 saturated heterocycles. The maximum Gasteiger partial charge on any atom is 0.320 e. The molecule has 0 bridgehead atoms. The van der Waals surface area contributed by atoms with Crippen molar-refractivity contribution in [3.63, 3.8) is 0 Å². The number of hydrogen-bond donors (Lipinski definition) is 1. The first-order valence-corrected chi connectivity index (χ1v) is 9.96. The van der Waals surface area contributed by atoms with Gasteiger partial charge in [-0.15, -0.1) is 0 Å². The summed E-state index contributed by atoms with van der Waals surface area (Å²) in [6.45, 7) is 5.79. The highest BCUT2D eigenvalue weighted by molar-refractivity contribution is 5.80. The van der Waals surface area contributed by atoms with Crippen molar-refractivity contribution in [2.45, 2.75) is 32.4 Å². The fourth-order valence-electron chi connectivity index (χ4n) is 3.89. The summed E-state index contributed by atoms with van der Waals surface area (Å²) in [6.07, 6.45) is 1.99. The molecule has 150 valence electrons. The normalized spacial score (nSPS) is 19.9. The minimum Gasteiger partial charge on any atom is -0.378 e. The summed E-state index contributed by atoms with van der Waals surface area (Å²) in [5.41, 5.74) is 2.39. The highest BCUT2D eigenvalue weighted by Crippen LogP contribution is 2.18. The molecule has 2 aliphatic heterocycles. The SMILES string of the molecule is Cc1ccc2[nH]c(=O)c(CN(C[C@@H]3CCCO3)C(=O)N3CCOCC3)cc2c1. The summed E-state index contributed by atoms with van der Waals surface area (Å²) in [6, 6.07) is 7.78. The number of H-pyrrole nitrogens is 1. The Morgan fingerprint density at radius 1 is 1.25 bits per heavy atom. The third-order valence-corrected chi connectivity index (χ3v) is 5.44. The Bertz CT molecular complexity index is 898. The van der Waals surface area contributed by atoms with E-state index in [4.69, 9.17) is 9.47 Å². The summed E-state index contributed by atoms with van der Waals surface area (Å²) in [5, 5.41) is 0.977. The largest absolute Gasteiger partial charge is 0.378 e. The summed E-state index contributed by atoms with van der Waals surface area (Å²) in [5.74, 6) is 0. The second kappa shape index (κ2) is 8.32. The minimum absolute atomic E-state index is 0.0340. The molecule has 0 aliphatic carbocycles. The number of benzene rings is 1. The predicted molar refractivity (Wildman–Crippen MR) is 106 cm³/mol. The zero-order valence-electron chi connectivity index (χ0n) is 16.3. The number of rotatable bonds is 4. The van der Waals surface area contributed by atoms with Crippen molar-refractivity contribution in [2.24, 2.45) is 0 Å². The van der Waals surface area contributed by atoms with Crippen LogP contribution in [0.25, 0.3) is 10.9 Å². The van der Waals surface area contributed by atoms with E-state index >= 15 is 0 Å². The van der Waals surface area contributed by atoms with Crippen LogP contribution in [-0.4, -0.2) is 66.4 Å². The van der Waals surface area contributed by atoms with Gasteiger partial charge in [0.15, 0.2) is 0 Å². The number of carbonyl (C=O) groups excluding carboxylic acids is 1. The number of fused-ring (bicyclic) bond motifs is 1. The molecule has 2 fully saturated rings. The number of aromatic nitrogens is 1. The Kier molecular flexibility index (Phi) is 5.64. The van der Waals surface area contributed by atoms with Crippen molar-refractivity contribution in [1.82, 2.24) is 14.8 Å². The number of morpholine rings is 1. The van der Waals surface area contributed by atoms with Gasteiger partial charge >= 0.3 is 6.03 Å². The van der Waals surface area contributed by atoms with Crippen LogP contribution in [0.3, 0.4) is 0 Å². The number of nitrogens with one attached hydrogen (secondary N) is 1. The van der Waals surface area contributed by atoms with Gasteiger partial charge in [-0.2, -0.15) is 0 Å². The molecule has 2 aromatic rings. The number of carbonyl (C=O) groups is 1. The maximum atomic E-state index is 13.1. The number of aryl methyl sites for hydroxylation is 1. The first-order chi connectivity index (χ1) is 13.6. The van der Waals surface area contributed by atoms with Crippen LogP contribution < -0.4 is 5.56 Å². The van der Waals surface area contributed by atoms with E-state index in [1.165, 1.54) is 0 Å². The number of urea groups is 1. The monoisotopic (exact) mass is 385 g/mol. The van der Waals surface area contributed by atoms with Gasteiger partial charge < -0.3 is 24.3 Å². The average molecular weight is 385 g/mol. The highest BCUT2D eigenvalue weighted by atomic mass is 16.5. The quantitative estimate of drug-likeness (QED) is 0.876. The molecule has 1 aromatic heterocycles. The lowest BCUT2D eigenvalue weighted by atomic mass is 10.1. The van der Waals surface area contributed by atoms with E-state index in [9.17, 15) is 9.59 Å². The second-order valence-electron chi connectivity index (χ2n) is 7.61. The van der Waals surface area contributed by atoms with Crippen molar-refractivity contribution >= 4 is 16.9 Å². The second-order valence-corrected chi connectivity index (χ2v) is 7.61. The van der Waals surface area contributed by atoms with Crippen LogP contribution in [0.15, 0.2) is 29.1 Å². The lowest BCUT2D eigenvalue weighted by Crippen LogP contribution is -2.50. The van der Waals surface area contributed by atoms with Crippen LogP contribution in [0.4, 0.5) is 4.79 Å². The standard InChI is InChI=1S/C21H27N3O4/c1-15-4-5-19-16(11-15)12-17(20(25)22-19)13-24(14-18-3-2-8-28-18)21(26)23-6-9-27-10-7-23/h4-5,11-12,18H,2-3,6-10,13-14H2,1H3,(H,22,25)/t18-/m0/s1. The van der Waals surface area contributed by atoms with Crippen LogP contribution in [0.1, 0.15) is 24.0 Å². The number of ether oxygens (including phenoxy) is 2. The van der Waals surface area contributed by atoms with Gasteiger partial charge in [0.2, 0.25) is 0 Å². The molecule has 0 spiro atoms. The van der Waals surface area contributed by atoms with Crippen LogP contribution in [0.2, 0.25) is 0 Å². The molecule has 0 unspecified atom stereocenters. The van der Waals surface area contributed by atoms with Crippen LogP contribution in [0.5, 0.6) is 0 Å². The Balaban J connectivity index is 1.60.